The number of hydrogen-bond acceptors (Lipinski definition) is 2. The predicted octanol–water partition coefficient (Wildman–Crippen LogP) is 2.08. The van der Waals surface area contributed by atoms with Gasteiger partial charge in [-0.25, -0.2) is 0 Å². The molecular formula is C15H26N2O2. The Kier molecular flexibility index (Phi) is 3.40. The summed E-state index contributed by atoms with van der Waals surface area (Å²) in [5.74, 6) is 0.434. The van der Waals surface area contributed by atoms with E-state index in [-0.39, 0.29) is 23.4 Å². The summed E-state index contributed by atoms with van der Waals surface area (Å²) in [5, 5.41) is 3.00. The van der Waals surface area contributed by atoms with Crippen molar-refractivity contribution in [1.82, 2.24) is 10.2 Å². The van der Waals surface area contributed by atoms with E-state index < -0.39 is 5.54 Å². The highest BCUT2D eigenvalue weighted by atomic mass is 16.2. The maximum atomic E-state index is 13.0. The van der Waals surface area contributed by atoms with Crippen molar-refractivity contribution in [2.45, 2.75) is 77.4 Å². The maximum absolute atomic E-state index is 13.0. The number of hydrogen-bond donors (Lipinski definition) is 1. The van der Waals surface area contributed by atoms with Crippen molar-refractivity contribution in [2.75, 3.05) is 0 Å². The Morgan fingerprint density at radius 3 is 2.32 bits per heavy atom. The topological polar surface area (TPSA) is 49.4 Å². The molecule has 1 N–H and O–H groups in total. The highest BCUT2D eigenvalue weighted by molar-refractivity contribution is 6.00. The second kappa shape index (κ2) is 4.50. The molecule has 0 bridgehead atoms. The third-order valence-corrected chi connectivity index (χ3v) is 4.96. The van der Waals surface area contributed by atoms with E-state index in [2.05, 4.69) is 26.1 Å². The van der Waals surface area contributed by atoms with Gasteiger partial charge >= 0.3 is 0 Å². The van der Waals surface area contributed by atoms with Gasteiger partial charge in [0.05, 0.1) is 0 Å². The number of amides is 2. The molecule has 0 aromatic carbocycles. The fourth-order valence-corrected chi connectivity index (χ4v) is 3.07. The van der Waals surface area contributed by atoms with E-state index in [1.807, 2.05) is 18.7 Å². The van der Waals surface area contributed by atoms with Crippen LogP contribution in [0, 0.1) is 5.92 Å². The van der Waals surface area contributed by atoms with Crippen LogP contribution in [-0.4, -0.2) is 33.8 Å². The second-order valence-corrected chi connectivity index (χ2v) is 6.73. The largest absolute Gasteiger partial charge is 0.340 e. The number of carbonyl (C=O) groups is 2. The monoisotopic (exact) mass is 266 g/mol. The lowest BCUT2D eigenvalue weighted by Gasteiger charge is -2.51. The second-order valence-electron chi connectivity index (χ2n) is 6.73. The molecule has 1 aliphatic heterocycles. The molecule has 2 rings (SSSR count). The summed E-state index contributed by atoms with van der Waals surface area (Å²) in [4.78, 5) is 27.2. The Labute approximate surface area is 115 Å². The molecule has 0 radical (unpaired) electrons. The van der Waals surface area contributed by atoms with Gasteiger partial charge in [0.15, 0.2) is 0 Å². The van der Waals surface area contributed by atoms with Gasteiger partial charge in [0.25, 0.3) is 0 Å². The Bertz CT molecular complexity index is 401. The number of carbonyl (C=O) groups excluding carboxylic acids is 2. The fourth-order valence-electron chi connectivity index (χ4n) is 3.07. The standard InChI is InChI=1S/C15H26N2O2/c1-6-11-12(18)16-15(5,10-8-9-10)13(19)17(11)14(3,4)7-2/h10-11H,6-9H2,1-5H3,(H,16,18). The molecule has 2 unspecified atom stereocenters. The Morgan fingerprint density at radius 1 is 1.32 bits per heavy atom. The average Bonchev–Trinajstić information content (AvgIpc) is 3.17. The average molecular weight is 266 g/mol. The van der Waals surface area contributed by atoms with Crippen LogP contribution < -0.4 is 5.32 Å². The quantitative estimate of drug-likeness (QED) is 0.847. The van der Waals surface area contributed by atoms with Crippen molar-refractivity contribution in [2.24, 2.45) is 5.92 Å². The minimum absolute atomic E-state index is 0.0121. The number of piperazine rings is 1. The maximum Gasteiger partial charge on any atom is 0.249 e. The third kappa shape index (κ3) is 2.15. The lowest BCUT2D eigenvalue weighted by atomic mass is 9.84. The lowest BCUT2D eigenvalue weighted by Crippen LogP contribution is -2.73. The normalized spacial score (nSPS) is 32.5. The smallest absolute Gasteiger partial charge is 0.249 e. The van der Waals surface area contributed by atoms with Gasteiger partial charge in [-0.1, -0.05) is 13.8 Å². The van der Waals surface area contributed by atoms with E-state index in [1.54, 1.807) is 0 Å². The van der Waals surface area contributed by atoms with E-state index in [9.17, 15) is 9.59 Å². The van der Waals surface area contributed by atoms with Crippen LogP contribution >= 0.6 is 0 Å². The van der Waals surface area contributed by atoms with Crippen LogP contribution in [0.2, 0.25) is 0 Å². The Hall–Kier alpha value is -1.06. The van der Waals surface area contributed by atoms with Gasteiger partial charge < -0.3 is 10.2 Å². The van der Waals surface area contributed by atoms with Gasteiger partial charge in [-0.05, 0) is 52.4 Å². The van der Waals surface area contributed by atoms with Crippen LogP contribution in [0.5, 0.6) is 0 Å². The first-order valence-electron chi connectivity index (χ1n) is 7.43. The van der Waals surface area contributed by atoms with E-state index in [0.717, 1.165) is 19.3 Å². The molecule has 0 aromatic rings. The van der Waals surface area contributed by atoms with Crippen molar-refractivity contribution in [3.05, 3.63) is 0 Å². The van der Waals surface area contributed by atoms with E-state index in [1.165, 1.54) is 0 Å². The molecule has 0 aromatic heterocycles. The van der Waals surface area contributed by atoms with Crippen molar-refractivity contribution < 1.29 is 9.59 Å². The Morgan fingerprint density at radius 2 is 1.89 bits per heavy atom. The van der Waals surface area contributed by atoms with Crippen molar-refractivity contribution >= 4 is 11.8 Å². The summed E-state index contributed by atoms with van der Waals surface area (Å²) < 4.78 is 0. The Balaban J connectivity index is 2.40. The highest BCUT2D eigenvalue weighted by Gasteiger charge is 2.57. The van der Waals surface area contributed by atoms with Gasteiger partial charge in [0.1, 0.15) is 11.6 Å². The molecular weight excluding hydrogens is 240 g/mol. The molecule has 1 saturated heterocycles. The van der Waals surface area contributed by atoms with E-state index in [0.29, 0.717) is 12.3 Å². The molecule has 2 amide bonds. The SMILES string of the molecule is CCC1C(=O)NC(C)(C2CC2)C(=O)N1C(C)(C)CC. The molecule has 1 aliphatic carbocycles. The van der Waals surface area contributed by atoms with E-state index in [4.69, 9.17) is 0 Å². The van der Waals surface area contributed by atoms with Gasteiger partial charge in [0.2, 0.25) is 11.8 Å². The van der Waals surface area contributed by atoms with Gasteiger partial charge in [-0.2, -0.15) is 0 Å². The first kappa shape index (κ1) is 14.4. The molecule has 2 atom stereocenters. The first-order valence-corrected chi connectivity index (χ1v) is 7.43. The molecule has 1 heterocycles. The highest BCUT2D eigenvalue weighted by Crippen LogP contribution is 2.44. The van der Waals surface area contributed by atoms with E-state index >= 15 is 0 Å². The molecule has 2 aliphatic rings. The number of rotatable bonds is 4. The summed E-state index contributed by atoms with van der Waals surface area (Å²) in [7, 11) is 0. The minimum atomic E-state index is -0.685. The summed E-state index contributed by atoms with van der Waals surface area (Å²) in [6.45, 7) is 10.0. The van der Waals surface area contributed by atoms with Crippen LogP contribution in [-0.2, 0) is 9.59 Å². The minimum Gasteiger partial charge on any atom is -0.340 e. The van der Waals surface area contributed by atoms with Crippen LogP contribution in [0.1, 0.15) is 60.3 Å². The van der Waals surface area contributed by atoms with Crippen LogP contribution in [0.15, 0.2) is 0 Å². The molecule has 2 fully saturated rings. The van der Waals surface area contributed by atoms with Crippen molar-refractivity contribution in [3.8, 4) is 0 Å². The van der Waals surface area contributed by atoms with Crippen molar-refractivity contribution in [1.29, 1.82) is 0 Å². The summed E-state index contributed by atoms with van der Waals surface area (Å²) >= 11 is 0. The number of nitrogens with one attached hydrogen (secondary N) is 1. The lowest BCUT2D eigenvalue weighted by molar-refractivity contribution is -0.162. The molecule has 0 spiro atoms. The zero-order chi connectivity index (χ0) is 14.4. The van der Waals surface area contributed by atoms with Gasteiger partial charge in [0, 0.05) is 5.54 Å². The fraction of sp³-hybridized carbons (Fsp3) is 0.867. The summed E-state index contributed by atoms with van der Waals surface area (Å²) in [5.41, 5.74) is -0.957. The molecule has 1 saturated carbocycles. The number of nitrogens with zero attached hydrogens (tertiary/aromatic N) is 1. The summed E-state index contributed by atoms with van der Waals surface area (Å²) in [6, 6.07) is -0.325. The van der Waals surface area contributed by atoms with Crippen LogP contribution in [0.25, 0.3) is 0 Å². The summed E-state index contributed by atoms with van der Waals surface area (Å²) in [6.07, 6.45) is 3.60. The molecule has 4 heteroatoms. The zero-order valence-corrected chi connectivity index (χ0v) is 12.7. The van der Waals surface area contributed by atoms with Crippen molar-refractivity contribution in [3.63, 3.8) is 0 Å². The molecule has 19 heavy (non-hydrogen) atoms. The zero-order valence-electron chi connectivity index (χ0n) is 12.7. The predicted molar refractivity (Wildman–Crippen MR) is 74.6 cm³/mol. The van der Waals surface area contributed by atoms with Gasteiger partial charge in [-0.15, -0.1) is 0 Å². The molecule has 4 nitrogen and oxygen atoms in total. The van der Waals surface area contributed by atoms with Crippen LogP contribution in [0.4, 0.5) is 0 Å². The van der Waals surface area contributed by atoms with Crippen LogP contribution in [0.3, 0.4) is 0 Å². The third-order valence-electron chi connectivity index (χ3n) is 4.96. The van der Waals surface area contributed by atoms with Gasteiger partial charge in [-0.3, -0.25) is 9.59 Å². The first-order chi connectivity index (χ1) is 8.78. The molecule has 108 valence electrons.